The summed E-state index contributed by atoms with van der Waals surface area (Å²) in [6.07, 6.45) is 8.14. The molecular formula is C21H25ClN3O2. The molecule has 27 heavy (non-hydrogen) atoms. The number of halogens is 1. The average Bonchev–Trinajstić information content (AvgIpc) is 3.14. The fourth-order valence-corrected chi connectivity index (χ4v) is 5.01. The van der Waals surface area contributed by atoms with E-state index in [4.69, 9.17) is 20.8 Å². The molecule has 1 atom stereocenters. The highest BCUT2D eigenvalue weighted by Crippen LogP contribution is 2.46. The van der Waals surface area contributed by atoms with Gasteiger partial charge in [0.25, 0.3) is 5.89 Å². The monoisotopic (exact) mass is 386 g/mol. The van der Waals surface area contributed by atoms with Crippen LogP contribution in [0.2, 0.25) is 5.02 Å². The zero-order valence-electron chi connectivity index (χ0n) is 15.5. The molecule has 1 unspecified atom stereocenters. The molecule has 143 valence electrons. The van der Waals surface area contributed by atoms with Crippen molar-refractivity contribution in [3.8, 4) is 17.2 Å². The zero-order chi connectivity index (χ0) is 18.2. The lowest BCUT2D eigenvalue weighted by atomic mass is 9.68. The van der Waals surface area contributed by atoms with Crippen LogP contribution in [0.1, 0.15) is 55.9 Å². The Labute approximate surface area is 164 Å². The lowest BCUT2D eigenvalue weighted by Crippen LogP contribution is -2.35. The average molecular weight is 387 g/mol. The van der Waals surface area contributed by atoms with Crippen molar-refractivity contribution in [1.82, 2.24) is 15.5 Å². The molecule has 5 rings (SSSR count). The largest absolute Gasteiger partial charge is 0.492 e. The number of rotatable bonds is 4. The molecule has 5 nitrogen and oxygen atoms in total. The Bertz CT molecular complexity index is 812. The van der Waals surface area contributed by atoms with Crippen molar-refractivity contribution in [1.29, 1.82) is 0 Å². The summed E-state index contributed by atoms with van der Waals surface area (Å²) in [5.74, 6) is 3.82. The van der Waals surface area contributed by atoms with E-state index in [1.54, 1.807) is 0 Å². The minimum atomic E-state index is 0.379. The van der Waals surface area contributed by atoms with Crippen LogP contribution >= 0.6 is 11.6 Å². The number of ether oxygens (including phenoxy) is 1. The number of hydrogen-bond acceptors (Lipinski definition) is 5. The molecule has 1 saturated heterocycles. The molecule has 1 aliphatic carbocycles. The summed E-state index contributed by atoms with van der Waals surface area (Å²) in [6.45, 7) is 2.87. The summed E-state index contributed by atoms with van der Waals surface area (Å²) < 4.78 is 12.2. The molecule has 2 fully saturated rings. The fourth-order valence-electron chi connectivity index (χ4n) is 4.78. The zero-order valence-corrected chi connectivity index (χ0v) is 16.2. The van der Waals surface area contributed by atoms with Gasteiger partial charge < -0.3 is 14.5 Å². The van der Waals surface area contributed by atoms with E-state index in [0.29, 0.717) is 35.3 Å². The van der Waals surface area contributed by atoms with Gasteiger partial charge in [0.15, 0.2) is 0 Å². The lowest BCUT2D eigenvalue weighted by Gasteiger charge is -2.38. The first-order chi connectivity index (χ1) is 13.3. The Balaban J connectivity index is 1.49. The first-order valence-electron chi connectivity index (χ1n) is 10.2. The van der Waals surface area contributed by atoms with Crippen LogP contribution in [-0.2, 0) is 6.42 Å². The molecule has 1 aromatic carbocycles. The summed E-state index contributed by atoms with van der Waals surface area (Å²) in [5.41, 5.74) is 1.82. The van der Waals surface area contributed by atoms with Crippen LogP contribution in [0.25, 0.3) is 11.5 Å². The van der Waals surface area contributed by atoms with E-state index in [-0.39, 0.29) is 0 Å². The molecule has 6 heteroatoms. The maximum absolute atomic E-state index is 6.30. The van der Waals surface area contributed by atoms with Crippen LogP contribution in [0.5, 0.6) is 5.75 Å². The van der Waals surface area contributed by atoms with Crippen LogP contribution in [0.3, 0.4) is 0 Å². The van der Waals surface area contributed by atoms with Gasteiger partial charge in [0.1, 0.15) is 5.75 Å². The number of fused-ring (bicyclic) bond motifs is 1. The third kappa shape index (κ3) is 3.36. The molecule has 1 saturated carbocycles. The van der Waals surface area contributed by atoms with Gasteiger partial charge in [-0.15, -0.1) is 10.2 Å². The molecule has 1 radical (unpaired) electrons. The number of benzene rings is 1. The summed E-state index contributed by atoms with van der Waals surface area (Å²) in [6, 6.07) is 5.04. The van der Waals surface area contributed by atoms with Gasteiger partial charge in [-0.25, -0.2) is 0 Å². The molecule has 0 bridgehead atoms. The van der Waals surface area contributed by atoms with Crippen molar-refractivity contribution < 1.29 is 9.15 Å². The normalized spacial score (nSPS) is 22.0. The predicted molar refractivity (Wildman–Crippen MR) is 103 cm³/mol. The third-order valence-corrected chi connectivity index (χ3v) is 6.59. The Morgan fingerprint density at radius 3 is 2.70 bits per heavy atom. The van der Waals surface area contributed by atoms with Gasteiger partial charge in [0.05, 0.1) is 12.2 Å². The minimum absolute atomic E-state index is 0.379. The van der Waals surface area contributed by atoms with Crippen LogP contribution in [0.15, 0.2) is 10.5 Å². The third-order valence-electron chi connectivity index (χ3n) is 6.38. The highest BCUT2D eigenvalue weighted by Gasteiger charge is 2.38. The van der Waals surface area contributed by atoms with Gasteiger partial charge in [-0.3, -0.25) is 0 Å². The van der Waals surface area contributed by atoms with Gasteiger partial charge in [0.2, 0.25) is 5.89 Å². The Morgan fingerprint density at radius 1 is 1.11 bits per heavy atom. The van der Waals surface area contributed by atoms with Crippen LogP contribution < -0.4 is 10.1 Å². The topological polar surface area (TPSA) is 60.2 Å². The molecular weight excluding hydrogens is 362 g/mol. The van der Waals surface area contributed by atoms with Gasteiger partial charge in [0, 0.05) is 22.6 Å². The smallest absolute Gasteiger partial charge is 0.251 e. The number of aryl methyl sites for hydroxylation is 1. The molecule has 3 aliphatic rings. The van der Waals surface area contributed by atoms with Crippen LogP contribution in [0.4, 0.5) is 0 Å². The number of aromatic nitrogens is 2. The van der Waals surface area contributed by atoms with Crippen molar-refractivity contribution >= 4 is 11.6 Å². The van der Waals surface area contributed by atoms with Crippen LogP contribution in [-0.4, -0.2) is 29.9 Å². The molecule has 1 aromatic heterocycles. The number of hydrogen-bond donors (Lipinski definition) is 1. The first-order valence-corrected chi connectivity index (χ1v) is 10.6. The Morgan fingerprint density at radius 2 is 1.93 bits per heavy atom. The van der Waals surface area contributed by atoms with E-state index in [0.717, 1.165) is 48.7 Å². The second-order valence-electron chi connectivity index (χ2n) is 8.04. The highest BCUT2D eigenvalue weighted by molar-refractivity contribution is 6.30. The number of nitrogens with zero attached hydrogens (tertiary/aromatic N) is 2. The van der Waals surface area contributed by atoms with Crippen molar-refractivity contribution in [2.45, 2.75) is 50.9 Å². The van der Waals surface area contributed by atoms with E-state index in [9.17, 15) is 0 Å². The molecule has 0 spiro atoms. The van der Waals surface area contributed by atoms with Crippen molar-refractivity contribution in [2.24, 2.45) is 11.8 Å². The number of piperidine rings is 1. The van der Waals surface area contributed by atoms with E-state index in [2.05, 4.69) is 21.6 Å². The maximum atomic E-state index is 6.30. The highest BCUT2D eigenvalue weighted by atomic mass is 35.5. The minimum Gasteiger partial charge on any atom is -0.492 e. The second kappa shape index (κ2) is 7.44. The standard InChI is InChI=1S/C21H25ClN3O2/c22-16-11-15-5-2-10-26-19(15)17(12-16)20-24-25-21(27-20)18(13-3-1-4-13)14-6-8-23-9-7-14/h12-14,18,23H,1-10H2. The SMILES string of the molecule is Clc1[c]c2c(c(-c3nnc(C(C4CCC4)C4CCNCC4)o3)c1)OCCC2. The van der Waals surface area contributed by atoms with E-state index >= 15 is 0 Å². The summed E-state index contributed by atoms with van der Waals surface area (Å²) >= 11 is 6.30. The summed E-state index contributed by atoms with van der Waals surface area (Å²) in [7, 11) is 0. The van der Waals surface area contributed by atoms with Crippen LogP contribution in [0, 0.1) is 17.9 Å². The Hall–Kier alpha value is -1.59. The van der Waals surface area contributed by atoms with Gasteiger partial charge in [-0.2, -0.15) is 0 Å². The molecule has 2 aromatic rings. The van der Waals surface area contributed by atoms with E-state index in [1.165, 1.54) is 32.1 Å². The van der Waals surface area contributed by atoms with Gasteiger partial charge in [-0.1, -0.05) is 18.0 Å². The second-order valence-corrected chi connectivity index (χ2v) is 8.45. The maximum Gasteiger partial charge on any atom is 0.251 e. The lowest BCUT2D eigenvalue weighted by molar-refractivity contribution is 0.156. The van der Waals surface area contributed by atoms with Gasteiger partial charge >= 0.3 is 0 Å². The van der Waals surface area contributed by atoms with Crippen molar-refractivity contribution in [2.75, 3.05) is 19.7 Å². The quantitative estimate of drug-likeness (QED) is 0.843. The molecule has 2 aliphatic heterocycles. The number of nitrogens with one attached hydrogen (secondary N) is 1. The molecule has 3 heterocycles. The first kappa shape index (κ1) is 17.5. The van der Waals surface area contributed by atoms with Crippen molar-refractivity contribution in [3.05, 3.63) is 28.6 Å². The molecule has 1 N–H and O–H groups in total. The van der Waals surface area contributed by atoms with Gasteiger partial charge in [-0.05, 0) is 69.5 Å². The van der Waals surface area contributed by atoms with E-state index < -0.39 is 0 Å². The predicted octanol–water partition coefficient (Wildman–Crippen LogP) is 4.40. The van der Waals surface area contributed by atoms with Crippen molar-refractivity contribution in [3.63, 3.8) is 0 Å². The summed E-state index contributed by atoms with van der Waals surface area (Å²) in [4.78, 5) is 0. The fraction of sp³-hybridized carbons (Fsp3) is 0.619. The van der Waals surface area contributed by atoms with E-state index in [1.807, 2.05) is 6.07 Å². The summed E-state index contributed by atoms with van der Waals surface area (Å²) in [5, 5.41) is 12.9. The Kier molecular flexibility index (Phi) is 4.82. The molecule has 0 amide bonds.